The molecule has 0 atom stereocenters. The van der Waals surface area contributed by atoms with Crippen LogP contribution in [0.3, 0.4) is 0 Å². The van der Waals surface area contributed by atoms with E-state index in [9.17, 15) is 4.79 Å². The number of aliphatic carboxylic acids is 1. The summed E-state index contributed by atoms with van der Waals surface area (Å²) >= 11 is 0. The molecule has 0 aliphatic heterocycles. The molecular formula is C14H18N2O2. The zero-order valence-electron chi connectivity index (χ0n) is 10.6. The average molecular weight is 246 g/mol. The monoisotopic (exact) mass is 246 g/mol. The molecule has 0 bridgehead atoms. The SMILES string of the molecule is CCCCCc1nc2ccccn2c1CC(=O)O. The maximum atomic E-state index is 11.0. The van der Waals surface area contributed by atoms with E-state index < -0.39 is 5.97 Å². The van der Waals surface area contributed by atoms with Gasteiger partial charge in [0.1, 0.15) is 5.65 Å². The highest BCUT2D eigenvalue weighted by Gasteiger charge is 2.14. The first-order chi connectivity index (χ1) is 8.72. The van der Waals surface area contributed by atoms with Crippen LogP contribution in [0.2, 0.25) is 0 Å². The second kappa shape index (κ2) is 5.67. The van der Waals surface area contributed by atoms with Gasteiger partial charge in [0.2, 0.25) is 0 Å². The van der Waals surface area contributed by atoms with Crippen molar-refractivity contribution in [3.63, 3.8) is 0 Å². The van der Waals surface area contributed by atoms with Gasteiger partial charge in [-0.25, -0.2) is 4.98 Å². The molecule has 0 aromatic carbocycles. The van der Waals surface area contributed by atoms with Crippen LogP contribution in [0.15, 0.2) is 24.4 Å². The van der Waals surface area contributed by atoms with Gasteiger partial charge in [-0.1, -0.05) is 25.8 Å². The van der Waals surface area contributed by atoms with E-state index in [-0.39, 0.29) is 6.42 Å². The van der Waals surface area contributed by atoms with Gasteiger partial charge in [0.25, 0.3) is 0 Å². The Morgan fingerprint density at radius 2 is 2.22 bits per heavy atom. The smallest absolute Gasteiger partial charge is 0.309 e. The number of aryl methyl sites for hydroxylation is 1. The minimum atomic E-state index is -0.808. The van der Waals surface area contributed by atoms with Gasteiger partial charge in [0, 0.05) is 6.20 Å². The summed E-state index contributed by atoms with van der Waals surface area (Å²) in [5, 5.41) is 9.00. The van der Waals surface area contributed by atoms with Gasteiger partial charge < -0.3 is 9.51 Å². The van der Waals surface area contributed by atoms with Crippen LogP contribution in [0, 0.1) is 0 Å². The lowest BCUT2D eigenvalue weighted by atomic mass is 10.1. The summed E-state index contributed by atoms with van der Waals surface area (Å²) in [6, 6.07) is 5.73. The lowest BCUT2D eigenvalue weighted by Gasteiger charge is -2.02. The third-order valence-electron chi connectivity index (χ3n) is 3.05. The maximum Gasteiger partial charge on any atom is 0.309 e. The van der Waals surface area contributed by atoms with Gasteiger partial charge in [-0.05, 0) is 25.0 Å². The van der Waals surface area contributed by atoms with Gasteiger partial charge >= 0.3 is 5.97 Å². The summed E-state index contributed by atoms with van der Waals surface area (Å²) in [6.07, 6.45) is 6.14. The molecule has 0 radical (unpaired) electrons. The van der Waals surface area contributed by atoms with E-state index in [1.807, 2.05) is 28.8 Å². The molecular weight excluding hydrogens is 228 g/mol. The van der Waals surface area contributed by atoms with Crippen LogP contribution < -0.4 is 0 Å². The third-order valence-corrected chi connectivity index (χ3v) is 3.05. The number of hydrogen-bond donors (Lipinski definition) is 1. The molecule has 4 heteroatoms. The molecule has 0 spiro atoms. The molecule has 2 heterocycles. The molecule has 0 saturated carbocycles. The zero-order valence-corrected chi connectivity index (χ0v) is 10.6. The highest BCUT2D eigenvalue weighted by Crippen LogP contribution is 2.16. The van der Waals surface area contributed by atoms with E-state index in [0.29, 0.717) is 0 Å². The Morgan fingerprint density at radius 3 is 2.94 bits per heavy atom. The fourth-order valence-corrected chi connectivity index (χ4v) is 2.17. The second-order valence-corrected chi connectivity index (χ2v) is 4.46. The number of hydrogen-bond acceptors (Lipinski definition) is 2. The first-order valence-electron chi connectivity index (χ1n) is 6.39. The highest BCUT2D eigenvalue weighted by atomic mass is 16.4. The summed E-state index contributed by atoms with van der Waals surface area (Å²) in [7, 11) is 0. The number of rotatable bonds is 6. The number of nitrogens with zero attached hydrogens (tertiary/aromatic N) is 2. The molecule has 4 nitrogen and oxygen atoms in total. The minimum absolute atomic E-state index is 0.0344. The molecule has 0 fully saturated rings. The Morgan fingerprint density at radius 1 is 1.39 bits per heavy atom. The van der Waals surface area contributed by atoms with E-state index in [0.717, 1.165) is 42.7 Å². The largest absolute Gasteiger partial charge is 0.481 e. The van der Waals surface area contributed by atoms with E-state index in [4.69, 9.17) is 5.11 Å². The molecule has 2 aromatic heterocycles. The van der Waals surface area contributed by atoms with Crippen LogP contribution in [0.1, 0.15) is 37.6 Å². The van der Waals surface area contributed by atoms with Gasteiger partial charge in [-0.2, -0.15) is 0 Å². The van der Waals surface area contributed by atoms with Crippen molar-refractivity contribution in [3.8, 4) is 0 Å². The van der Waals surface area contributed by atoms with Crippen LogP contribution in [0.5, 0.6) is 0 Å². The molecule has 0 aliphatic rings. The van der Waals surface area contributed by atoms with Crippen molar-refractivity contribution in [1.82, 2.24) is 9.38 Å². The summed E-state index contributed by atoms with van der Waals surface area (Å²) in [4.78, 5) is 15.5. The van der Waals surface area contributed by atoms with Crippen molar-refractivity contribution < 1.29 is 9.90 Å². The predicted octanol–water partition coefficient (Wildman–Crippen LogP) is 2.69. The molecule has 0 aliphatic carbocycles. The summed E-state index contributed by atoms with van der Waals surface area (Å²) < 4.78 is 1.88. The zero-order chi connectivity index (χ0) is 13.0. The number of imidazole rings is 1. The molecule has 96 valence electrons. The Labute approximate surface area is 106 Å². The van der Waals surface area contributed by atoms with Crippen LogP contribution in [-0.2, 0) is 17.6 Å². The number of carboxylic acids is 1. The number of pyridine rings is 1. The normalized spacial score (nSPS) is 10.9. The number of unbranched alkanes of at least 4 members (excludes halogenated alkanes) is 2. The first kappa shape index (κ1) is 12.6. The maximum absolute atomic E-state index is 11.0. The standard InChI is InChI=1S/C14H18N2O2/c1-2-3-4-7-11-12(10-14(17)18)16-9-6-5-8-13(16)15-11/h5-6,8-9H,2-4,7,10H2,1H3,(H,17,18). The molecule has 1 N–H and O–H groups in total. The first-order valence-corrected chi connectivity index (χ1v) is 6.39. The fraction of sp³-hybridized carbons (Fsp3) is 0.429. The Bertz CT molecular complexity index is 546. The van der Waals surface area contributed by atoms with E-state index in [1.54, 1.807) is 0 Å². The topological polar surface area (TPSA) is 54.6 Å². The Balaban J connectivity index is 2.33. The third kappa shape index (κ3) is 2.70. The highest BCUT2D eigenvalue weighted by molar-refractivity contribution is 5.70. The quantitative estimate of drug-likeness (QED) is 0.797. The molecule has 2 rings (SSSR count). The Kier molecular flexibility index (Phi) is 3.97. The number of aromatic nitrogens is 2. The number of carboxylic acid groups (broad SMARTS) is 1. The van der Waals surface area contributed by atoms with Gasteiger partial charge in [0.05, 0.1) is 17.8 Å². The lowest BCUT2D eigenvalue weighted by molar-refractivity contribution is -0.136. The average Bonchev–Trinajstić information content (AvgIpc) is 2.68. The van der Waals surface area contributed by atoms with Gasteiger partial charge in [0.15, 0.2) is 0 Å². The minimum Gasteiger partial charge on any atom is -0.481 e. The van der Waals surface area contributed by atoms with Crippen LogP contribution in [0.25, 0.3) is 5.65 Å². The van der Waals surface area contributed by atoms with Crippen LogP contribution in [-0.4, -0.2) is 20.5 Å². The molecule has 0 unspecified atom stereocenters. The van der Waals surface area contributed by atoms with Crippen molar-refractivity contribution in [2.24, 2.45) is 0 Å². The van der Waals surface area contributed by atoms with Crippen molar-refractivity contribution in [1.29, 1.82) is 0 Å². The van der Waals surface area contributed by atoms with Crippen molar-refractivity contribution in [3.05, 3.63) is 35.8 Å². The molecule has 0 amide bonds. The molecule has 0 saturated heterocycles. The predicted molar refractivity (Wildman–Crippen MR) is 69.8 cm³/mol. The van der Waals surface area contributed by atoms with Crippen molar-refractivity contribution >= 4 is 11.6 Å². The summed E-state index contributed by atoms with van der Waals surface area (Å²) in [6.45, 7) is 2.15. The number of fused-ring (bicyclic) bond motifs is 1. The van der Waals surface area contributed by atoms with Crippen LogP contribution in [0.4, 0.5) is 0 Å². The van der Waals surface area contributed by atoms with Gasteiger partial charge in [-0.15, -0.1) is 0 Å². The summed E-state index contributed by atoms with van der Waals surface area (Å²) in [5.41, 5.74) is 2.58. The van der Waals surface area contributed by atoms with Crippen molar-refractivity contribution in [2.45, 2.75) is 39.0 Å². The Hall–Kier alpha value is -1.84. The van der Waals surface area contributed by atoms with E-state index in [2.05, 4.69) is 11.9 Å². The van der Waals surface area contributed by atoms with E-state index in [1.165, 1.54) is 0 Å². The van der Waals surface area contributed by atoms with E-state index >= 15 is 0 Å². The molecule has 18 heavy (non-hydrogen) atoms. The van der Waals surface area contributed by atoms with Gasteiger partial charge in [-0.3, -0.25) is 4.79 Å². The summed E-state index contributed by atoms with van der Waals surface area (Å²) in [5.74, 6) is -0.808. The van der Waals surface area contributed by atoms with Crippen molar-refractivity contribution in [2.75, 3.05) is 0 Å². The second-order valence-electron chi connectivity index (χ2n) is 4.46. The number of carbonyl (C=O) groups is 1. The van der Waals surface area contributed by atoms with Crippen LogP contribution >= 0.6 is 0 Å². The fourth-order valence-electron chi connectivity index (χ4n) is 2.17. The molecule has 2 aromatic rings. The lowest BCUT2D eigenvalue weighted by Crippen LogP contribution is -2.06.